The molecule has 1 aliphatic rings. The summed E-state index contributed by atoms with van der Waals surface area (Å²) in [7, 11) is 0. The lowest BCUT2D eigenvalue weighted by Gasteiger charge is -2.40. The van der Waals surface area contributed by atoms with Crippen LogP contribution in [-0.2, 0) is 10.6 Å². The molecule has 6 heteroatoms. The zero-order chi connectivity index (χ0) is 16.3. The molecule has 0 aliphatic carbocycles. The Balaban J connectivity index is 1.86. The fraction of sp³-hybridized carbons (Fsp3) is 0.471. The maximum atomic E-state index is 6.55. The zero-order valence-electron chi connectivity index (χ0n) is 13.0. The number of hydrogen-bond acceptors (Lipinski definition) is 3. The van der Waals surface area contributed by atoms with E-state index in [-0.39, 0.29) is 4.08 Å². The van der Waals surface area contributed by atoms with E-state index in [1.54, 1.807) is 0 Å². The van der Waals surface area contributed by atoms with Crippen molar-refractivity contribution in [3.05, 3.63) is 52.5 Å². The predicted octanol–water partition coefficient (Wildman–Crippen LogP) is 5.94. The van der Waals surface area contributed by atoms with Crippen molar-refractivity contribution in [3.8, 4) is 0 Å². The van der Waals surface area contributed by atoms with Gasteiger partial charge in [-0.1, -0.05) is 42.6 Å². The lowest BCUT2D eigenvalue weighted by molar-refractivity contribution is 0.589. The Morgan fingerprint density at radius 2 is 2.09 bits per heavy atom. The molecule has 2 heterocycles. The summed E-state index contributed by atoms with van der Waals surface area (Å²) in [5.74, 6) is 3.16. The van der Waals surface area contributed by atoms with Gasteiger partial charge in [-0.3, -0.25) is 0 Å². The Hall–Kier alpha value is -0.290. The molecule has 2 aromatic rings. The third kappa shape index (κ3) is 4.04. The molecule has 3 rings (SSSR count). The SMILES string of the molecule is CCC1CSC(CCn2ccnc2)(c2ccc(Cl)cc2Cl)SC1. The van der Waals surface area contributed by atoms with Gasteiger partial charge in [0, 0.05) is 29.0 Å². The second kappa shape index (κ2) is 7.73. The highest BCUT2D eigenvalue weighted by molar-refractivity contribution is 8.18. The van der Waals surface area contributed by atoms with Gasteiger partial charge in [0.2, 0.25) is 0 Å². The fourth-order valence-electron chi connectivity index (χ4n) is 2.76. The number of hydrogen-bond donors (Lipinski definition) is 0. The minimum Gasteiger partial charge on any atom is -0.337 e. The van der Waals surface area contributed by atoms with Crippen LogP contribution in [0.25, 0.3) is 0 Å². The highest BCUT2D eigenvalue weighted by atomic mass is 35.5. The number of nitrogens with zero attached hydrogens (tertiary/aromatic N) is 2. The van der Waals surface area contributed by atoms with Gasteiger partial charge < -0.3 is 4.57 Å². The molecule has 0 unspecified atom stereocenters. The maximum Gasteiger partial charge on any atom is 0.0945 e. The Morgan fingerprint density at radius 3 is 2.70 bits per heavy atom. The Morgan fingerprint density at radius 1 is 1.30 bits per heavy atom. The highest BCUT2D eigenvalue weighted by Crippen LogP contribution is 2.56. The van der Waals surface area contributed by atoms with E-state index in [0.717, 1.165) is 23.9 Å². The lowest BCUT2D eigenvalue weighted by atomic mass is 10.1. The summed E-state index contributed by atoms with van der Waals surface area (Å²) >= 11 is 16.7. The van der Waals surface area contributed by atoms with E-state index in [1.807, 2.05) is 54.4 Å². The van der Waals surface area contributed by atoms with Crippen LogP contribution in [0.2, 0.25) is 10.0 Å². The van der Waals surface area contributed by atoms with Crippen LogP contribution in [0.1, 0.15) is 25.3 Å². The first-order valence-electron chi connectivity index (χ1n) is 7.82. The highest BCUT2D eigenvalue weighted by Gasteiger charge is 2.39. The van der Waals surface area contributed by atoms with E-state index >= 15 is 0 Å². The first-order valence-corrected chi connectivity index (χ1v) is 10.5. The van der Waals surface area contributed by atoms with Crippen LogP contribution in [0.4, 0.5) is 0 Å². The van der Waals surface area contributed by atoms with Crippen LogP contribution >= 0.6 is 46.7 Å². The Bertz CT molecular complexity index is 638. The lowest BCUT2D eigenvalue weighted by Crippen LogP contribution is -2.29. The molecule has 0 N–H and O–H groups in total. The summed E-state index contributed by atoms with van der Waals surface area (Å²) in [6.07, 6.45) is 7.99. The monoisotopic (exact) mass is 386 g/mol. The van der Waals surface area contributed by atoms with Crippen LogP contribution < -0.4 is 0 Å². The van der Waals surface area contributed by atoms with E-state index in [9.17, 15) is 0 Å². The third-order valence-corrected chi connectivity index (χ3v) is 8.59. The van der Waals surface area contributed by atoms with Crippen LogP contribution in [0, 0.1) is 5.92 Å². The van der Waals surface area contributed by atoms with Crippen molar-refractivity contribution in [3.63, 3.8) is 0 Å². The van der Waals surface area contributed by atoms with Crippen molar-refractivity contribution in [1.82, 2.24) is 9.55 Å². The van der Waals surface area contributed by atoms with E-state index in [2.05, 4.69) is 22.5 Å². The van der Waals surface area contributed by atoms with Gasteiger partial charge in [0.25, 0.3) is 0 Å². The number of aromatic nitrogens is 2. The normalized spacial score (nSPS) is 24.7. The quantitative estimate of drug-likeness (QED) is 0.632. The van der Waals surface area contributed by atoms with Gasteiger partial charge in [0.05, 0.1) is 10.4 Å². The van der Waals surface area contributed by atoms with Gasteiger partial charge in [-0.2, -0.15) is 0 Å². The molecular weight excluding hydrogens is 367 g/mol. The van der Waals surface area contributed by atoms with Crippen molar-refractivity contribution in [2.75, 3.05) is 11.5 Å². The zero-order valence-corrected chi connectivity index (χ0v) is 16.2. The molecule has 1 fully saturated rings. The molecule has 0 radical (unpaired) electrons. The Kier molecular flexibility index (Phi) is 5.89. The maximum absolute atomic E-state index is 6.55. The minimum atomic E-state index is -0.00237. The number of aryl methyl sites for hydroxylation is 1. The molecule has 1 aromatic heterocycles. The molecule has 1 aromatic carbocycles. The number of imidazole rings is 1. The summed E-state index contributed by atoms with van der Waals surface area (Å²) in [5.41, 5.74) is 1.20. The van der Waals surface area contributed by atoms with E-state index in [4.69, 9.17) is 23.2 Å². The number of halogens is 2. The first kappa shape index (κ1) is 17.5. The molecule has 0 saturated carbocycles. The second-order valence-corrected chi connectivity index (χ2v) is 9.56. The predicted molar refractivity (Wildman–Crippen MR) is 104 cm³/mol. The molecule has 0 amide bonds. The minimum absolute atomic E-state index is 0.00237. The van der Waals surface area contributed by atoms with Gasteiger partial charge >= 0.3 is 0 Å². The molecule has 2 nitrogen and oxygen atoms in total. The van der Waals surface area contributed by atoms with Crippen molar-refractivity contribution in [2.45, 2.75) is 30.4 Å². The first-order chi connectivity index (χ1) is 11.1. The average molecular weight is 387 g/mol. The van der Waals surface area contributed by atoms with Gasteiger partial charge in [0.15, 0.2) is 0 Å². The molecule has 0 spiro atoms. The smallest absolute Gasteiger partial charge is 0.0945 e. The molecule has 23 heavy (non-hydrogen) atoms. The largest absolute Gasteiger partial charge is 0.337 e. The molecule has 1 aliphatic heterocycles. The van der Waals surface area contributed by atoms with Crippen LogP contribution in [-0.4, -0.2) is 21.1 Å². The van der Waals surface area contributed by atoms with Gasteiger partial charge in [-0.25, -0.2) is 4.98 Å². The van der Waals surface area contributed by atoms with Gasteiger partial charge in [-0.05, 0) is 41.5 Å². The van der Waals surface area contributed by atoms with E-state index in [1.165, 1.54) is 23.5 Å². The topological polar surface area (TPSA) is 17.8 Å². The van der Waals surface area contributed by atoms with Crippen molar-refractivity contribution in [1.29, 1.82) is 0 Å². The van der Waals surface area contributed by atoms with E-state index < -0.39 is 0 Å². The number of benzene rings is 1. The van der Waals surface area contributed by atoms with Crippen molar-refractivity contribution >= 4 is 46.7 Å². The molecule has 124 valence electrons. The third-order valence-electron chi connectivity index (χ3n) is 4.28. The van der Waals surface area contributed by atoms with E-state index in [0.29, 0.717) is 5.02 Å². The summed E-state index contributed by atoms with van der Waals surface area (Å²) < 4.78 is 2.14. The standard InChI is InChI=1S/C17H20Cl2N2S2/c1-2-13-10-22-17(23-11-13,5-7-21-8-6-20-12-21)15-4-3-14(18)9-16(15)19/h3-4,6,8-9,12-13H,2,5,7,10-11H2,1H3. The van der Waals surface area contributed by atoms with Gasteiger partial charge in [0.1, 0.15) is 0 Å². The summed E-state index contributed by atoms with van der Waals surface area (Å²) in [6.45, 7) is 3.22. The van der Waals surface area contributed by atoms with Crippen molar-refractivity contribution < 1.29 is 0 Å². The molecular formula is C17H20Cl2N2S2. The fourth-order valence-corrected chi connectivity index (χ4v) is 7.19. The van der Waals surface area contributed by atoms with Crippen LogP contribution in [0.15, 0.2) is 36.9 Å². The molecule has 1 saturated heterocycles. The number of rotatable bonds is 5. The second-order valence-electron chi connectivity index (χ2n) is 5.82. The summed E-state index contributed by atoms with van der Waals surface area (Å²) in [6, 6.07) is 5.92. The molecule has 0 bridgehead atoms. The van der Waals surface area contributed by atoms with Crippen LogP contribution in [0.3, 0.4) is 0 Å². The van der Waals surface area contributed by atoms with Crippen molar-refractivity contribution in [2.24, 2.45) is 5.92 Å². The van der Waals surface area contributed by atoms with Crippen LogP contribution in [0.5, 0.6) is 0 Å². The summed E-state index contributed by atoms with van der Waals surface area (Å²) in [5, 5.41) is 1.47. The Labute approximate surface area is 156 Å². The average Bonchev–Trinajstić information content (AvgIpc) is 3.07. The summed E-state index contributed by atoms with van der Waals surface area (Å²) in [4.78, 5) is 4.14. The molecule has 0 atom stereocenters. The number of thioether (sulfide) groups is 2. The van der Waals surface area contributed by atoms with Gasteiger partial charge in [-0.15, -0.1) is 23.5 Å².